The van der Waals surface area contributed by atoms with Gasteiger partial charge in [-0.2, -0.15) is 5.10 Å². The molecular formula is C21H21FN4O4. The number of carbonyl (C=O) groups is 2. The van der Waals surface area contributed by atoms with Gasteiger partial charge < -0.3 is 15.6 Å². The van der Waals surface area contributed by atoms with E-state index >= 15 is 0 Å². The molecule has 30 heavy (non-hydrogen) atoms. The molecule has 1 atom stereocenters. The summed E-state index contributed by atoms with van der Waals surface area (Å²) in [6, 6.07) is 8.91. The number of halogens is 1. The van der Waals surface area contributed by atoms with E-state index < -0.39 is 18.0 Å². The van der Waals surface area contributed by atoms with Gasteiger partial charge in [-0.1, -0.05) is 18.2 Å². The Labute approximate surface area is 171 Å². The van der Waals surface area contributed by atoms with E-state index in [-0.39, 0.29) is 23.6 Å². The molecule has 156 valence electrons. The maximum atomic E-state index is 13.2. The number of carboxylic acid groups (broad SMARTS) is 1. The van der Waals surface area contributed by atoms with Crippen LogP contribution in [0.15, 0.2) is 36.4 Å². The van der Waals surface area contributed by atoms with Crippen LogP contribution in [0, 0.1) is 5.82 Å². The molecule has 0 saturated carbocycles. The van der Waals surface area contributed by atoms with Gasteiger partial charge in [-0.05, 0) is 43.0 Å². The maximum Gasteiger partial charge on any atom is 0.339 e. The summed E-state index contributed by atoms with van der Waals surface area (Å²) in [5, 5.41) is 17.6. The van der Waals surface area contributed by atoms with Crippen LogP contribution < -0.4 is 15.8 Å². The van der Waals surface area contributed by atoms with Crippen molar-refractivity contribution in [2.75, 3.05) is 14.2 Å². The van der Waals surface area contributed by atoms with Crippen molar-refractivity contribution in [1.82, 2.24) is 15.1 Å². The van der Waals surface area contributed by atoms with Crippen LogP contribution in [0.25, 0.3) is 23.1 Å². The average molecular weight is 412 g/mol. The standard InChI is InChI=1S/C21H21FN4O4/c1-24-18(11-17(23)27)26-16-10-8-14(21(28)29)20(30-2)19(16)15(25-26)9-5-12-3-6-13(22)7-4-12/h3-10,18,24H,11H2,1-2H3,(H2,23,27)(H,28,29). The number of carboxylic acids is 1. The molecule has 0 fully saturated rings. The predicted molar refractivity (Wildman–Crippen MR) is 110 cm³/mol. The topological polar surface area (TPSA) is 119 Å². The summed E-state index contributed by atoms with van der Waals surface area (Å²) in [7, 11) is 3.04. The summed E-state index contributed by atoms with van der Waals surface area (Å²) in [6.45, 7) is 0. The summed E-state index contributed by atoms with van der Waals surface area (Å²) in [5.74, 6) is -1.86. The molecule has 0 aliphatic rings. The van der Waals surface area contributed by atoms with Crippen molar-refractivity contribution in [1.29, 1.82) is 0 Å². The smallest absolute Gasteiger partial charge is 0.339 e. The number of benzene rings is 2. The lowest BCUT2D eigenvalue weighted by atomic mass is 10.1. The fourth-order valence-corrected chi connectivity index (χ4v) is 3.22. The summed E-state index contributed by atoms with van der Waals surface area (Å²) in [5.41, 5.74) is 7.07. The number of ether oxygens (including phenoxy) is 1. The second-order valence-electron chi connectivity index (χ2n) is 6.54. The van der Waals surface area contributed by atoms with Gasteiger partial charge >= 0.3 is 5.97 Å². The first-order valence-electron chi connectivity index (χ1n) is 9.07. The van der Waals surface area contributed by atoms with E-state index in [9.17, 15) is 19.1 Å². The molecule has 0 aliphatic heterocycles. The molecule has 1 heterocycles. The zero-order chi connectivity index (χ0) is 21.8. The van der Waals surface area contributed by atoms with Crippen molar-refractivity contribution >= 4 is 34.9 Å². The summed E-state index contributed by atoms with van der Waals surface area (Å²) in [4.78, 5) is 23.1. The lowest BCUT2D eigenvalue weighted by Gasteiger charge is -2.16. The molecule has 9 heteroatoms. The molecule has 0 saturated heterocycles. The van der Waals surface area contributed by atoms with Crippen LogP contribution in [0.3, 0.4) is 0 Å². The van der Waals surface area contributed by atoms with E-state index in [4.69, 9.17) is 10.5 Å². The van der Waals surface area contributed by atoms with Crippen LogP contribution in [-0.2, 0) is 4.79 Å². The fraction of sp³-hybridized carbons (Fsp3) is 0.190. The third kappa shape index (κ3) is 4.15. The van der Waals surface area contributed by atoms with E-state index in [0.29, 0.717) is 16.6 Å². The number of primary amides is 1. The highest BCUT2D eigenvalue weighted by molar-refractivity contribution is 6.03. The van der Waals surface area contributed by atoms with E-state index in [1.165, 1.54) is 25.3 Å². The Kier molecular flexibility index (Phi) is 6.12. The number of aromatic nitrogens is 2. The molecule has 3 rings (SSSR count). The largest absolute Gasteiger partial charge is 0.495 e. The molecule has 4 N–H and O–H groups in total. The number of rotatable bonds is 8. The zero-order valence-corrected chi connectivity index (χ0v) is 16.4. The van der Waals surface area contributed by atoms with Crippen molar-refractivity contribution in [3.63, 3.8) is 0 Å². The predicted octanol–water partition coefficient (Wildman–Crippen LogP) is 2.65. The van der Waals surface area contributed by atoms with Crippen LogP contribution in [-0.4, -0.2) is 40.9 Å². The first-order valence-corrected chi connectivity index (χ1v) is 9.07. The lowest BCUT2D eigenvalue weighted by Crippen LogP contribution is -2.29. The van der Waals surface area contributed by atoms with Crippen molar-refractivity contribution in [2.24, 2.45) is 5.73 Å². The highest BCUT2D eigenvalue weighted by Gasteiger charge is 2.23. The molecule has 0 aliphatic carbocycles. The van der Waals surface area contributed by atoms with Gasteiger partial charge in [-0.3, -0.25) is 10.1 Å². The molecule has 0 radical (unpaired) electrons. The molecule has 1 unspecified atom stereocenters. The number of carbonyl (C=O) groups excluding carboxylic acids is 1. The summed E-state index contributed by atoms with van der Waals surface area (Å²) < 4.78 is 20.1. The maximum absolute atomic E-state index is 13.2. The number of aromatic carboxylic acids is 1. The van der Waals surface area contributed by atoms with Gasteiger partial charge in [-0.25, -0.2) is 13.9 Å². The average Bonchev–Trinajstić information content (AvgIpc) is 3.09. The number of nitrogens with one attached hydrogen (secondary N) is 1. The minimum absolute atomic E-state index is 0.0165. The van der Waals surface area contributed by atoms with Gasteiger partial charge in [0, 0.05) is 0 Å². The van der Waals surface area contributed by atoms with Gasteiger partial charge in [-0.15, -0.1) is 0 Å². The number of hydrogen-bond donors (Lipinski definition) is 3. The van der Waals surface area contributed by atoms with Crippen molar-refractivity contribution in [3.05, 3.63) is 59.0 Å². The number of amides is 1. The second kappa shape index (κ2) is 8.75. The van der Waals surface area contributed by atoms with Crippen molar-refractivity contribution in [2.45, 2.75) is 12.6 Å². The van der Waals surface area contributed by atoms with E-state index in [1.54, 1.807) is 42.1 Å². The van der Waals surface area contributed by atoms with Crippen molar-refractivity contribution < 1.29 is 23.8 Å². The van der Waals surface area contributed by atoms with Crippen molar-refractivity contribution in [3.8, 4) is 5.75 Å². The highest BCUT2D eigenvalue weighted by Crippen LogP contribution is 2.35. The number of hydrogen-bond acceptors (Lipinski definition) is 5. The second-order valence-corrected chi connectivity index (χ2v) is 6.54. The van der Waals surface area contributed by atoms with Gasteiger partial charge in [0.05, 0.1) is 30.1 Å². The SMILES string of the molecule is CNC(CC(N)=O)n1nc(C=Cc2ccc(F)cc2)c2c(OC)c(C(=O)O)ccc21. The zero-order valence-electron chi connectivity index (χ0n) is 16.4. The Bertz CT molecular complexity index is 1120. The van der Waals surface area contributed by atoms with Gasteiger partial charge in [0.15, 0.2) is 0 Å². The minimum atomic E-state index is -1.14. The molecular weight excluding hydrogens is 391 g/mol. The first kappa shape index (κ1) is 21.0. The number of fused-ring (bicyclic) bond motifs is 1. The quantitative estimate of drug-likeness (QED) is 0.523. The highest BCUT2D eigenvalue weighted by atomic mass is 19.1. The first-order chi connectivity index (χ1) is 14.3. The third-order valence-corrected chi connectivity index (χ3v) is 4.62. The molecule has 0 bridgehead atoms. The molecule has 8 nitrogen and oxygen atoms in total. The number of nitrogens with two attached hydrogens (primary N) is 1. The van der Waals surface area contributed by atoms with Gasteiger partial charge in [0.2, 0.25) is 5.91 Å². The van der Waals surface area contributed by atoms with E-state index in [1.807, 2.05) is 0 Å². The third-order valence-electron chi connectivity index (χ3n) is 4.62. The van der Waals surface area contributed by atoms with Crippen LogP contribution in [0.1, 0.15) is 34.2 Å². The number of nitrogens with zero attached hydrogens (tertiary/aromatic N) is 2. The summed E-state index contributed by atoms with van der Waals surface area (Å²) in [6.07, 6.45) is 2.84. The van der Waals surface area contributed by atoms with Gasteiger partial charge in [0.1, 0.15) is 23.3 Å². The molecule has 1 aromatic heterocycles. The Balaban J connectivity index is 2.22. The van der Waals surface area contributed by atoms with Crippen LogP contribution in [0.5, 0.6) is 5.75 Å². The number of methoxy groups -OCH3 is 1. The van der Waals surface area contributed by atoms with Crippen LogP contribution >= 0.6 is 0 Å². The summed E-state index contributed by atoms with van der Waals surface area (Å²) >= 11 is 0. The Morgan fingerprint density at radius 3 is 2.53 bits per heavy atom. The van der Waals surface area contributed by atoms with Crippen LogP contribution in [0.2, 0.25) is 0 Å². The molecule has 1 amide bonds. The van der Waals surface area contributed by atoms with Crippen LogP contribution in [0.4, 0.5) is 4.39 Å². The Morgan fingerprint density at radius 1 is 1.27 bits per heavy atom. The van der Waals surface area contributed by atoms with Gasteiger partial charge in [0.25, 0.3) is 0 Å². The van der Waals surface area contributed by atoms with E-state index in [2.05, 4.69) is 10.4 Å². The minimum Gasteiger partial charge on any atom is -0.495 e. The molecule has 0 spiro atoms. The lowest BCUT2D eigenvalue weighted by molar-refractivity contribution is -0.119. The Hall–Kier alpha value is -3.72. The van der Waals surface area contributed by atoms with E-state index in [0.717, 1.165) is 5.56 Å². The normalized spacial score (nSPS) is 12.4. The Morgan fingerprint density at radius 2 is 1.97 bits per heavy atom. The molecule has 2 aromatic carbocycles. The monoisotopic (exact) mass is 412 g/mol. The molecule has 3 aromatic rings. The fourth-order valence-electron chi connectivity index (χ4n) is 3.22.